The third-order valence-electron chi connectivity index (χ3n) is 1.34. The molecule has 0 aliphatic rings. The Bertz CT molecular complexity index is 231. The summed E-state index contributed by atoms with van der Waals surface area (Å²) in [5, 5.41) is 3.90. The van der Waals surface area contributed by atoms with E-state index < -0.39 is 0 Å². The van der Waals surface area contributed by atoms with E-state index in [2.05, 4.69) is 10.3 Å². The molecule has 1 N–H and O–H groups in total. The number of aromatic nitrogens is 2. The summed E-state index contributed by atoms with van der Waals surface area (Å²) in [4.78, 5) is 14.8. The molecule has 1 rings (SSSR count). The van der Waals surface area contributed by atoms with Gasteiger partial charge in [0, 0.05) is 26.5 Å². The van der Waals surface area contributed by atoms with Crippen molar-refractivity contribution in [1.82, 2.24) is 15.0 Å². The summed E-state index contributed by atoms with van der Waals surface area (Å²) in [5.41, 5.74) is 0. The molecule has 0 aromatic carbocycles. The van der Waals surface area contributed by atoms with Gasteiger partial charge in [-0.2, -0.15) is 0 Å². The molecule has 5 heteroatoms. The largest absolute Gasteiger partial charge is 0.340 e. The second-order valence-electron chi connectivity index (χ2n) is 2.02. The lowest BCUT2D eigenvalue weighted by molar-refractivity contribution is 0.244. The second-order valence-corrected chi connectivity index (χ2v) is 2.02. The zero-order valence-electron chi connectivity index (χ0n) is 6.48. The number of nitrogens with one attached hydrogen (secondary N) is 1. The first kappa shape index (κ1) is 7.59. The molecular weight excluding hydrogens is 144 g/mol. The van der Waals surface area contributed by atoms with Gasteiger partial charge in [0.25, 0.3) is 0 Å². The highest BCUT2D eigenvalue weighted by Gasteiger charge is 2.05. The molecule has 0 saturated heterocycles. The number of nitrogens with zero attached hydrogens (tertiary/aromatic N) is 3. The van der Waals surface area contributed by atoms with Crippen LogP contribution in [0.3, 0.4) is 0 Å². The number of rotatable bonds is 1. The van der Waals surface area contributed by atoms with Crippen LogP contribution in [0.15, 0.2) is 18.7 Å². The number of hydrogen-bond acceptors (Lipinski definition) is 2. The van der Waals surface area contributed by atoms with E-state index in [1.807, 2.05) is 0 Å². The summed E-state index contributed by atoms with van der Waals surface area (Å²) in [5.74, 6) is 0. The third kappa shape index (κ3) is 1.49. The molecule has 2 amide bonds. The van der Waals surface area contributed by atoms with Gasteiger partial charge in [-0.1, -0.05) is 0 Å². The number of carbonyl (C=O) groups is 1. The van der Waals surface area contributed by atoms with E-state index in [0.717, 1.165) is 0 Å². The van der Waals surface area contributed by atoms with E-state index in [9.17, 15) is 4.79 Å². The molecule has 11 heavy (non-hydrogen) atoms. The van der Waals surface area contributed by atoms with Gasteiger partial charge in [0.2, 0.25) is 0 Å². The minimum absolute atomic E-state index is 0.178. The summed E-state index contributed by atoms with van der Waals surface area (Å²) in [7, 11) is 3.23. The van der Waals surface area contributed by atoms with Crippen molar-refractivity contribution in [1.29, 1.82) is 0 Å². The van der Waals surface area contributed by atoms with Gasteiger partial charge in [0.05, 0.1) is 0 Å². The highest BCUT2D eigenvalue weighted by molar-refractivity contribution is 5.83. The van der Waals surface area contributed by atoms with Gasteiger partial charge in [0.15, 0.2) is 0 Å². The minimum atomic E-state index is -0.178. The van der Waals surface area contributed by atoms with Crippen LogP contribution in [0.2, 0.25) is 0 Å². The topological polar surface area (TPSA) is 50.2 Å². The van der Waals surface area contributed by atoms with Crippen molar-refractivity contribution in [3.63, 3.8) is 0 Å². The molecule has 0 saturated carbocycles. The fourth-order valence-electron chi connectivity index (χ4n) is 0.696. The predicted octanol–water partition coefficient (Wildman–Crippen LogP) is -0.210. The fraction of sp³-hybridized carbons (Fsp3) is 0.333. The molecule has 0 fully saturated rings. The van der Waals surface area contributed by atoms with E-state index in [0.29, 0.717) is 0 Å². The van der Waals surface area contributed by atoms with Crippen LogP contribution in [0, 0.1) is 0 Å². The minimum Gasteiger partial charge on any atom is -0.340 e. The second kappa shape index (κ2) is 3.05. The van der Waals surface area contributed by atoms with Crippen LogP contribution < -0.4 is 10.3 Å². The zero-order valence-corrected chi connectivity index (χ0v) is 6.48. The molecule has 0 aliphatic carbocycles. The van der Waals surface area contributed by atoms with Crippen molar-refractivity contribution >= 4 is 6.03 Å². The molecule has 0 unspecified atom stereocenters. The monoisotopic (exact) mass is 154 g/mol. The molecule has 1 heterocycles. The lowest BCUT2D eigenvalue weighted by Gasteiger charge is -2.16. The number of urea groups is 1. The van der Waals surface area contributed by atoms with Gasteiger partial charge in [-0.3, -0.25) is 0 Å². The molecule has 5 nitrogen and oxygen atoms in total. The Hall–Kier alpha value is -1.52. The maximum atomic E-state index is 11.0. The van der Waals surface area contributed by atoms with Crippen LogP contribution >= 0.6 is 0 Å². The molecule has 0 atom stereocenters. The maximum absolute atomic E-state index is 11.0. The smallest absolute Gasteiger partial charge is 0.336 e. The Morgan fingerprint density at radius 3 is 2.91 bits per heavy atom. The van der Waals surface area contributed by atoms with Crippen molar-refractivity contribution in [3.05, 3.63) is 18.7 Å². The van der Waals surface area contributed by atoms with E-state index in [1.165, 1.54) is 5.01 Å². The zero-order chi connectivity index (χ0) is 8.27. The summed E-state index contributed by atoms with van der Waals surface area (Å²) < 4.78 is 1.58. The Labute approximate surface area is 64.6 Å². The number of carbonyl (C=O) groups excluding carboxylic acids is 1. The summed E-state index contributed by atoms with van der Waals surface area (Å²) >= 11 is 0. The maximum Gasteiger partial charge on any atom is 0.336 e. The van der Waals surface area contributed by atoms with Gasteiger partial charge < -0.3 is 5.32 Å². The first-order valence-electron chi connectivity index (χ1n) is 3.19. The number of hydrogen-bond donors (Lipinski definition) is 1. The van der Waals surface area contributed by atoms with E-state index in [4.69, 9.17) is 0 Å². The lowest BCUT2D eigenvalue weighted by Crippen LogP contribution is -2.41. The van der Waals surface area contributed by atoms with E-state index in [-0.39, 0.29) is 6.03 Å². The molecule has 1 aromatic rings. The van der Waals surface area contributed by atoms with Crippen LogP contribution in [0.1, 0.15) is 0 Å². The van der Waals surface area contributed by atoms with Crippen molar-refractivity contribution in [3.8, 4) is 0 Å². The van der Waals surface area contributed by atoms with Gasteiger partial charge in [-0.25, -0.2) is 19.5 Å². The van der Waals surface area contributed by atoms with Crippen LogP contribution in [-0.2, 0) is 0 Å². The SMILES string of the molecule is CNC(=O)N(C)n1ccnc1. The van der Waals surface area contributed by atoms with Gasteiger partial charge in [-0.05, 0) is 0 Å². The van der Waals surface area contributed by atoms with Crippen LogP contribution in [0.5, 0.6) is 0 Å². The molecular formula is C6H10N4O. The van der Waals surface area contributed by atoms with Crippen molar-refractivity contribution < 1.29 is 4.79 Å². The van der Waals surface area contributed by atoms with Crippen molar-refractivity contribution in [2.75, 3.05) is 19.1 Å². The van der Waals surface area contributed by atoms with E-state index in [1.54, 1.807) is 37.5 Å². The molecule has 1 aromatic heterocycles. The molecule has 0 spiro atoms. The lowest BCUT2D eigenvalue weighted by atomic mass is 10.9. The quantitative estimate of drug-likeness (QED) is 0.608. The molecule has 60 valence electrons. The molecule has 0 radical (unpaired) electrons. The molecule has 0 aliphatic heterocycles. The number of imidazole rings is 1. The first-order chi connectivity index (χ1) is 5.25. The highest BCUT2D eigenvalue weighted by Crippen LogP contribution is 1.86. The van der Waals surface area contributed by atoms with E-state index >= 15 is 0 Å². The molecule has 0 bridgehead atoms. The third-order valence-corrected chi connectivity index (χ3v) is 1.34. The summed E-state index contributed by atoms with van der Waals surface area (Å²) in [6, 6.07) is -0.178. The van der Waals surface area contributed by atoms with Gasteiger partial charge in [0.1, 0.15) is 6.33 Å². The Balaban J connectivity index is 2.70. The van der Waals surface area contributed by atoms with Crippen LogP contribution in [0.25, 0.3) is 0 Å². The Kier molecular flexibility index (Phi) is 2.10. The standard InChI is InChI=1S/C6H10N4O/c1-7-6(11)9(2)10-4-3-8-5-10/h3-5H,1-2H3,(H,7,11). The average molecular weight is 154 g/mol. The van der Waals surface area contributed by atoms with Crippen molar-refractivity contribution in [2.24, 2.45) is 0 Å². The van der Waals surface area contributed by atoms with Crippen LogP contribution in [0.4, 0.5) is 4.79 Å². The van der Waals surface area contributed by atoms with Gasteiger partial charge >= 0.3 is 6.03 Å². The van der Waals surface area contributed by atoms with Crippen molar-refractivity contribution in [2.45, 2.75) is 0 Å². The normalized spacial score (nSPS) is 9.27. The fourth-order valence-corrected chi connectivity index (χ4v) is 0.696. The first-order valence-corrected chi connectivity index (χ1v) is 3.19. The number of amides is 2. The van der Waals surface area contributed by atoms with Gasteiger partial charge in [-0.15, -0.1) is 0 Å². The Morgan fingerprint density at radius 1 is 1.73 bits per heavy atom. The van der Waals surface area contributed by atoms with Crippen LogP contribution in [-0.4, -0.2) is 29.8 Å². The highest BCUT2D eigenvalue weighted by atomic mass is 16.2. The predicted molar refractivity (Wildman–Crippen MR) is 40.8 cm³/mol. The summed E-state index contributed by atoms with van der Waals surface area (Å²) in [6.07, 6.45) is 4.85. The average Bonchev–Trinajstić information content (AvgIpc) is 2.53. The Morgan fingerprint density at radius 2 is 2.45 bits per heavy atom. The summed E-state index contributed by atoms with van der Waals surface area (Å²) in [6.45, 7) is 0.